The van der Waals surface area contributed by atoms with Gasteiger partial charge in [0.1, 0.15) is 12.2 Å². The summed E-state index contributed by atoms with van der Waals surface area (Å²) in [6, 6.07) is -0.117. The minimum absolute atomic E-state index is 0.117. The van der Waals surface area contributed by atoms with Gasteiger partial charge in [-0.25, -0.2) is 9.59 Å². The van der Waals surface area contributed by atoms with E-state index in [1.165, 1.54) is 0 Å². The number of unbranched alkanes of at least 4 members (excludes halogenated alkanes) is 2. The topological polar surface area (TPSA) is 88.1 Å². The van der Waals surface area contributed by atoms with E-state index >= 15 is 0 Å². The molecule has 0 aromatic heterocycles. The molecular weight excluding hydrogens is 264 g/mol. The van der Waals surface area contributed by atoms with Gasteiger partial charge in [0.2, 0.25) is 0 Å². The van der Waals surface area contributed by atoms with E-state index in [1.807, 2.05) is 6.92 Å². The second-order valence-corrected chi connectivity index (χ2v) is 5.27. The molecule has 20 heavy (non-hydrogen) atoms. The summed E-state index contributed by atoms with van der Waals surface area (Å²) in [6.07, 6.45) is 2.94. The van der Waals surface area contributed by atoms with Crippen LogP contribution in [0.5, 0.6) is 0 Å². The molecule has 0 spiro atoms. The highest BCUT2D eigenvalue weighted by Gasteiger charge is 2.42. The Hall–Kier alpha value is -1.34. The number of methoxy groups -OCH3 is 1. The molecule has 2 N–H and O–H groups in total. The number of rotatable bonds is 9. The largest absolute Gasteiger partial charge is 0.480 e. The highest BCUT2D eigenvalue weighted by atomic mass is 16.5. The number of urea groups is 1. The molecule has 1 aliphatic rings. The fourth-order valence-corrected chi connectivity index (χ4v) is 2.09. The van der Waals surface area contributed by atoms with Gasteiger partial charge in [0, 0.05) is 20.3 Å². The number of likely N-dealkylation sites (tertiary alicyclic amines) is 1. The first-order valence-corrected chi connectivity index (χ1v) is 6.84. The number of nitrogens with one attached hydrogen (secondary N) is 1. The number of carboxylic acid groups (broad SMARTS) is 1. The fourth-order valence-electron chi connectivity index (χ4n) is 2.09. The summed E-state index contributed by atoms with van der Waals surface area (Å²) in [7, 11) is 1.68. The SMILES string of the molecule is COCCCCCNC(=O)N1CC(C)(OCC(=O)O)C1. The highest BCUT2D eigenvalue weighted by Crippen LogP contribution is 2.24. The molecule has 0 unspecified atom stereocenters. The zero-order valence-electron chi connectivity index (χ0n) is 12.2. The van der Waals surface area contributed by atoms with Gasteiger partial charge in [-0.1, -0.05) is 0 Å². The predicted octanol–water partition coefficient (Wildman–Crippen LogP) is 0.688. The van der Waals surface area contributed by atoms with Crippen LogP contribution in [0.2, 0.25) is 0 Å². The van der Waals surface area contributed by atoms with E-state index < -0.39 is 11.6 Å². The molecule has 0 aromatic carbocycles. The van der Waals surface area contributed by atoms with Crippen LogP contribution in [0.4, 0.5) is 4.79 Å². The van der Waals surface area contributed by atoms with Gasteiger partial charge in [0.25, 0.3) is 0 Å². The third-order valence-corrected chi connectivity index (χ3v) is 3.18. The number of carbonyl (C=O) groups excluding carboxylic acids is 1. The van der Waals surface area contributed by atoms with Crippen LogP contribution in [0.1, 0.15) is 26.2 Å². The molecule has 1 heterocycles. The number of amides is 2. The van der Waals surface area contributed by atoms with Gasteiger partial charge in [0.15, 0.2) is 0 Å². The molecule has 7 heteroatoms. The molecular formula is C13H24N2O5. The van der Waals surface area contributed by atoms with Crippen LogP contribution in [0, 0.1) is 0 Å². The first kappa shape index (κ1) is 16.7. The summed E-state index contributed by atoms with van der Waals surface area (Å²) in [5.41, 5.74) is -0.534. The average molecular weight is 288 g/mol. The van der Waals surface area contributed by atoms with Crippen molar-refractivity contribution in [2.45, 2.75) is 31.8 Å². The van der Waals surface area contributed by atoms with E-state index in [0.29, 0.717) is 19.6 Å². The van der Waals surface area contributed by atoms with Crippen molar-refractivity contribution in [3.63, 3.8) is 0 Å². The Kier molecular flexibility index (Phi) is 6.74. The van der Waals surface area contributed by atoms with Crippen LogP contribution in [-0.2, 0) is 14.3 Å². The molecule has 0 radical (unpaired) electrons. The van der Waals surface area contributed by atoms with Crippen LogP contribution in [0.15, 0.2) is 0 Å². The molecule has 1 rings (SSSR count). The molecule has 1 saturated heterocycles. The zero-order chi connectivity index (χ0) is 15.0. The Balaban J connectivity index is 2.07. The van der Waals surface area contributed by atoms with E-state index in [2.05, 4.69) is 5.32 Å². The Morgan fingerprint density at radius 3 is 2.60 bits per heavy atom. The van der Waals surface area contributed by atoms with Gasteiger partial charge in [-0.05, 0) is 26.2 Å². The fraction of sp³-hybridized carbons (Fsp3) is 0.846. The molecule has 7 nitrogen and oxygen atoms in total. The lowest BCUT2D eigenvalue weighted by atomic mass is 9.97. The number of hydrogen-bond donors (Lipinski definition) is 2. The lowest BCUT2D eigenvalue weighted by molar-refractivity contribution is -0.159. The van der Waals surface area contributed by atoms with Gasteiger partial charge in [-0.2, -0.15) is 0 Å². The molecule has 1 aliphatic heterocycles. The average Bonchev–Trinajstić information content (AvgIpc) is 2.37. The quantitative estimate of drug-likeness (QED) is 0.609. The van der Waals surface area contributed by atoms with Crippen LogP contribution in [-0.4, -0.2) is 67.6 Å². The summed E-state index contributed by atoms with van der Waals surface area (Å²) in [5, 5.41) is 11.4. The van der Waals surface area contributed by atoms with E-state index in [4.69, 9.17) is 14.6 Å². The van der Waals surface area contributed by atoms with Crippen molar-refractivity contribution >= 4 is 12.0 Å². The Morgan fingerprint density at radius 1 is 1.30 bits per heavy atom. The van der Waals surface area contributed by atoms with Crippen LogP contribution in [0.3, 0.4) is 0 Å². The number of carboxylic acids is 1. The Bertz CT molecular complexity index is 329. The zero-order valence-corrected chi connectivity index (χ0v) is 12.2. The second-order valence-electron chi connectivity index (χ2n) is 5.27. The van der Waals surface area contributed by atoms with Gasteiger partial charge < -0.3 is 24.8 Å². The van der Waals surface area contributed by atoms with Crippen molar-refractivity contribution < 1.29 is 24.2 Å². The normalized spacial score (nSPS) is 16.6. The lowest BCUT2D eigenvalue weighted by Gasteiger charge is -2.46. The number of hydrogen-bond acceptors (Lipinski definition) is 4. The Labute approximate surface area is 119 Å². The number of aliphatic carboxylic acids is 1. The van der Waals surface area contributed by atoms with Crippen molar-refractivity contribution in [3.8, 4) is 0 Å². The molecule has 1 fully saturated rings. The molecule has 0 bridgehead atoms. The van der Waals surface area contributed by atoms with Crippen molar-refractivity contribution in [2.24, 2.45) is 0 Å². The van der Waals surface area contributed by atoms with Gasteiger partial charge in [0.05, 0.1) is 13.1 Å². The number of nitrogens with zero attached hydrogens (tertiary/aromatic N) is 1. The summed E-state index contributed by atoms with van der Waals surface area (Å²) in [5.74, 6) is -0.995. The maximum atomic E-state index is 11.8. The van der Waals surface area contributed by atoms with E-state index in [1.54, 1.807) is 12.0 Å². The smallest absolute Gasteiger partial charge is 0.329 e. The van der Waals surface area contributed by atoms with Crippen molar-refractivity contribution in [3.05, 3.63) is 0 Å². The monoisotopic (exact) mass is 288 g/mol. The predicted molar refractivity (Wildman–Crippen MR) is 72.7 cm³/mol. The maximum Gasteiger partial charge on any atom is 0.329 e. The number of carbonyl (C=O) groups is 2. The summed E-state index contributed by atoms with van der Waals surface area (Å²) in [4.78, 5) is 23.8. The summed E-state index contributed by atoms with van der Waals surface area (Å²) >= 11 is 0. The van der Waals surface area contributed by atoms with Crippen LogP contribution >= 0.6 is 0 Å². The van der Waals surface area contributed by atoms with E-state index in [0.717, 1.165) is 25.9 Å². The first-order valence-electron chi connectivity index (χ1n) is 6.84. The highest BCUT2D eigenvalue weighted by molar-refractivity contribution is 5.75. The molecule has 2 amide bonds. The second kappa shape index (κ2) is 8.06. The molecule has 116 valence electrons. The van der Waals surface area contributed by atoms with Gasteiger partial charge >= 0.3 is 12.0 Å². The number of ether oxygens (including phenoxy) is 2. The van der Waals surface area contributed by atoms with Gasteiger partial charge in [-0.15, -0.1) is 0 Å². The third-order valence-electron chi connectivity index (χ3n) is 3.18. The minimum Gasteiger partial charge on any atom is -0.480 e. The summed E-state index contributed by atoms with van der Waals surface area (Å²) < 4.78 is 10.2. The molecule has 0 aliphatic carbocycles. The third kappa shape index (κ3) is 5.75. The first-order chi connectivity index (χ1) is 9.47. The molecule has 0 aromatic rings. The Morgan fingerprint density at radius 2 is 2.00 bits per heavy atom. The van der Waals surface area contributed by atoms with Crippen LogP contribution in [0.25, 0.3) is 0 Å². The van der Waals surface area contributed by atoms with Gasteiger partial charge in [-0.3, -0.25) is 0 Å². The van der Waals surface area contributed by atoms with E-state index in [-0.39, 0.29) is 12.6 Å². The van der Waals surface area contributed by atoms with Crippen molar-refractivity contribution in [1.29, 1.82) is 0 Å². The minimum atomic E-state index is -0.995. The molecule has 0 atom stereocenters. The standard InChI is InChI=1S/C13H24N2O5/c1-13(20-8-11(16)17)9-15(10-13)12(18)14-6-4-3-5-7-19-2/h3-10H2,1-2H3,(H,14,18)(H,16,17). The molecule has 0 saturated carbocycles. The van der Waals surface area contributed by atoms with Crippen molar-refractivity contribution in [2.75, 3.05) is 40.0 Å². The maximum absolute atomic E-state index is 11.8. The van der Waals surface area contributed by atoms with E-state index in [9.17, 15) is 9.59 Å². The van der Waals surface area contributed by atoms with Crippen molar-refractivity contribution in [1.82, 2.24) is 10.2 Å². The lowest BCUT2D eigenvalue weighted by Crippen LogP contribution is -2.65. The summed E-state index contributed by atoms with van der Waals surface area (Å²) in [6.45, 7) is 3.73. The van der Waals surface area contributed by atoms with Crippen LogP contribution < -0.4 is 5.32 Å².